The summed E-state index contributed by atoms with van der Waals surface area (Å²) in [6.07, 6.45) is 3.26. The van der Waals surface area contributed by atoms with Crippen LogP contribution in [0, 0.1) is 13.8 Å². The molecule has 196 valence electrons. The summed E-state index contributed by atoms with van der Waals surface area (Å²) in [6.45, 7) is 3.99. The van der Waals surface area contributed by atoms with E-state index in [9.17, 15) is 9.90 Å². The number of nitrogens with one attached hydrogen (secondary N) is 2. The van der Waals surface area contributed by atoms with Crippen LogP contribution in [0.4, 0.5) is 11.4 Å². The number of nitrogens with zero attached hydrogens (tertiary/aromatic N) is 7. The van der Waals surface area contributed by atoms with Crippen molar-refractivity contribution in [1.29, 1.82) is 0 Å². The number of H-pyrrole nitrogens is 1. The van der Waals surface area contributed by atoms with Gasteiger partial charge in [0.2, 0.25) is 0 Å². The molecule has 0 radical (unpaired) electrons. The predicted octanol–water partition coefficient (Wildman–Crippen LogP) is 4.47. The van der Waals surface area contributed by atoms with Gasteiger partial charge in [-0.15, -0.1) is 5.10 Å². The number of hydrogen-bond acceptors (Lipinski definition) is 9. The van der Waals surface area contributed by atoms with E-state index in [-0.39, 0.29) is 11.5 Å². The van der Waals surface area contributed by atoms with Gasteiger partial charge in [-0.1, -0.05) is 36.4 Å². The molecule has 0 fully saturated rings. The quantitative estimate of drug-likeness (QED) is 0.217. The second-order valence-corrected chi connectivity index (χ2v) is 9.17. The number of aromatic hydroxyl groups is 1. The van der Waals surface area contributed by atoms with Crippen molar-refractivity contribution in [3.63, 3.8) is 0 Å². The number of carbonyl (C=O) groups is 1. The lowest BCUT2D eigenvalue weighted by Crippen LogP contribution is -2.28. The van der Waals surface area contributed by atoms with Gasteiger partial charge in [0.1, 0.15) is 11.5 Å². The summed E-state index contributed by atoms with van der Waals surface area (Å²) in [6, 6.07) is 21.9. The Morgan fingerprint density at radius 3 is 2.48 bits per heavy atom. The summed E-state index contributed by atoms with van der Waals surface area (Å²) < 4.78 is 0. The van der Waals surface area contributed by atoms with Crippen LogP contribution in [-0.2, 0) is 4.79 Å². The number of phenols is 1. The fourth-order valence-corrected chi connectivity index (χ4v) is 4.33. The molecule has 5 aromatic rings. The van der Waals surface area contributed by atoms with Crippen LogP contribution in [0.1, 0.15) is 16.7 Å². The van der Waals surface area contributed by atoms with Crippen LogP contribution in [0.5, 0.6) is 5.75 Å². The fourth-order valence-electron chi connectivity index (χ4n) is 4.33. The maximum absolute atomic E-state index is 13.6. The van der Waals surface area contributed by atoms with E-state index < -0.39 is 5.91 Å². The summed E-state index contributed by atoms with van der Waals surface area (Å²) in [5.41, 5.74) is 9.26. The number of para-hydroxylation sites is 1. The van der Waals surface area contributed by atoms with Crippen molar-refractivity contribution >= 4 is 28.7 Å². The molecule has 11 nitrogen and oxygen atoms in total. The average molecular weight is 530 g/mol. The van der Waals surface area contributed by atoms with Crippen LogP contribution in [0.2, 0.25) is 0 Å². The molecule has 6 rings (SSSR count). The van der Waals surface area contributed by atoms with Gasteiger partial charge in [-0.2, -0.15) is 15.2 Å². The number of phenolic OH excluding ortho intramolecular Hbond substituents is 1. The van der Waals surface area contributed by atoms with Crippen molar-refractivity contribution < 1.29 is 9.90 Å². The number of hydrogen-bond donors (Lipinski definition) is 3. The summed E-state index contributed by atoms with van der Waals surface area (Å²) in [7, 11) is 0. The number of aromatic amines is 1. The van der Waals surface area contributed by atoms with Gasteiger partial charge in [0, 0.05) is 29.1 Å². The first kappa shape index (κ1) is 24.6. The predicted molar refractivity (Wildman–Crippen MR) is 152 cm³/mol. The second kappa shape index (κ2) is 10.2. The Labute approximate surface area is 228 Å². The number of rotatable bonds is 6. The van der Waals surface area contributed by atoms with Crippen molar-refractivity contribution in [2.24, 2.45) is 10.2 Å². The Hall–Kier alpha value is -5.71. The molecule has 11 heteroatoms. The fraction of sp³-hybridized carbons (Fsp3) is 0.0690. The van der Waals surface area contributed by atoms with Gasteiger partial charge < -0.3 is 5.11 Å². The van der Waals surface area contributed by atoms with Crippen molar-refractivity contribution in [3.8, 4) is 28.3 Å². The molecule has 40 heavy (non-hydrogen) atoms. The first-order valence-corrected chi connectivity index (χ1v) is 12.4. The van der Waals surface area contributed by atoms with Crippen molar-refractivity contribution in [3.05, 3.63) is 102 Å². The highest BCUT2D eigenvalue weighted by molar-refractivity contribution is 6.74. The lowest BCUT2D eigenvalue weighted by atomic mass is 10.0. The molecule has 0 bridgehead atoms. The topological polar surface area (TPSA) is 145 Å². The number of pyridine rings is 1. The minimum atomic E-state index is -0.397. The molecule has 3 N–H and O–H groups in total. The van der Waals surface area contributed by atoms with E-state index in [1.807, 2.05) is 56.3 Å². The number of amides is 1. The maximum Gasteiger partial charge on any atom is 0.301 e. The molecular weight excluding hydrogens is 506 g/mol. The van der Waals surface area contributed by atoms with E-state index in [1.54, 1.807) is 42.7 Å². The summed E-state index contributed by atoms with van der Waals surface area (Å²) in [4.78, 5) is 17.6. The van der Waals surface area contributed by atoms with Crippen LogP contribution in [0.3, 0.4) is 0 Å². The van der Waals surface area contributed by atoms with E-state index in [4.69, 9.17) is 0 Å². The highest BCUT2D eigenvalue weighted by atomic mass is 16.3. The van der Waals surface area contributed by atoms with Crippen molar-refractivity contribution in [1.82, 2.24) is 25.6 Å². The normalized spacial score (nSPS) is 14.1. The molecule has 1 amide bonds. The zero-order chi connectivity index (χ0) is 27.6. The van der Waals surface area contributed by atoms with Crippen LogP contribution in [0.15, 0.2) is 95.4 Å². The Morgan fingerprint density at radius 2 is 1.70 bits per heavy atom. The lowest BCUT2D eigenvalue weighted by molar-refractivity contribution is -0.112. The minimum absolute atomic E-state index is 0.0291. The van der Waals surface area contributed by atoms with E-state index in [0.717, 1.165) is 22.3 Å². The van der Waals surface area contributed by atoms with Crippen molar-refractivity contribution in [2.75, 3.05) is 10.4 Å². The highest BCUT2D eigenvalue weighted by Gasteiger charge is 2.34. The van der Waals surface area contributed by atoms with Crippen LogP contribution < -0.4 is 10.4 Å². The summed E-state index contributed by atoms with van der Waals surface area (Å²) in [5.74, 6) is 0.0863. The average Bonchev–Trinajstić information content (AvgIpc) is 3.63. The molecule has 3 aromatic carbocycles. The van der Waals surface area contributed by atoms with E-state index in [0.29, 0.717) is 34.0 Å². The van der Waals surface area contributed by atoms with Crippen LogP contribution >= 0.6 is 0 Å². The molecule has 0 spiro atoms. The van der Waals surface area contributed by atoms with Gasteiger partial charge in [-0.25, -0.2) is 5.10 Å². The molecule has 0 unspecified atom stereocenters. The Bertz CT molecular complexity index is 1780. The number of aryl methyl sites for hydroxylation is 2. The number of anilines is 2. The minimum Gasteiger partial charge on any atom is -0.505 e. The number of aromatic nitrogens is 5. The number of benzene rings is 3. The van der Waals surface area contributed by atoms with Gasteiger partial charge in [0.15, 0.2) is 11.5 Å². The zero-order valence-electron chi connectivity index (χ0n) is 21.6. The molecular formula is C29H23N9O2. The third-order valence-corrected chi connectivity index (χ3v) is 6.62. The summed E-state index contributed by atoms with van der Waals surface area (Å²) in [5, 5.41) is 35.5. The number of carbonyl (C=O) groups excluding carboxylic acids is 1. The second-order valence-electron chi connectivity index (χ2n) is 9.17. The Morgan fingerprint density at radius 1 is 0.900 bits per heavy atom. The standard InChI is InChI=1S/C29H23N9O2/c1-17-9-10-22(15-18(17)2)38-29(40)26(25(35-38)19-11-13-30-14-12-19)32-31-24-8-4-7-23(27(24)39)20-5-3-6-21(16-20)28-33-36-37-34-28/h3-16,31,39H,1-2H3,(H,33,34,36,37). The summed E-state index contributed by atoms with van der Waals surface area (Å²) >= 11 is 0. The smallest absolute Gasteiger partial charge is 0.301 e. The third kappa shape index (κ3) is 4.56. The van der Waals surface area contributed by atoms with Gasteiger partial charge >= 0.3 is 5.91 Å². The van der Waals surface area contributed by atoms with Gasteiger partial charge in [0.05, 0.1) is 11.4 Å². The van der Waals surface area contributed by atoms with Crippen LogP contribution in [0.25, 0.3) is 22.5 Å². The lowest BCUT2D eigenvalue weighted by Gasteiger charge is -2.13. The van der Waals surface area contributed by atoms with E-state index >= 15 is 0 Å². The Kier molecular flexibility index (Phi) is 6.29. The number of hydrazone groups is 2. The van der Waals surface area contributed by atoms with E-state index in [1.165, 1.54) is 5.01 Å². The van der Waals surface area contributed by atoms with Crippen LogP contribution in [-0.4, -0.2) is 48.0 Å². The molecule has 0 aliphatic carbocycles. The number of tetrazole rings is 1. The molecule has 0 saturated carbocycles. The zero-order valence-corrected chi connectivity index (χ0v) is 21.6. The molecule has 3 heterocycles. The van der Waals surface area contributed by atoms with Gasteiger partial charge in [-0.3, -0.25) is 15.2 Å². The molecule has 2 aromatic heterocycles. The largest absolute Gasteiger partial charge is 0.505 e. The molecule has 1 aliphatic rings. The third-order valence-electron chi connectivity index (χ3n) is 6.62. The molecule has 0 saturated heterocycles. The maximum atomic E-state index is 13.6. The molecule has 1 aliphatic heterocycles. The van der Waals surface area contributed by atoms with Gasteiger partial charge in [-0.05, 0) is 77.4 Å². The van der Waals surface area contributed by atoms with Gasteiger partial charge in [0.25, 0.3) is 0 Å². The Balaban J connectivity index is 1.35. The SMILES string of the molecule is Cc1ccc(N2N=C(c3ccncc3)C(=NNc3cccc(-c4cccc(-c5nnn[nH]5)c4)c3O)C2=O)cc1C. The molecule has 0 atom stereocenters. The first-order valence-electron chi connectivity index (χ1n) is 12.4. The van der Waals surface area contributed by atoms with Crippen molar-refractivity contribution in [2.45, 2.75) is 13.8 Å². The highest BCUT2D eigenvalue weighted by Crippen LogP contribution is 2.36. The monoisotopic (exact) mass is 529 g/mol. The first-order chi connectivity index (χ1) is 19.5. The van der Waals surface area contributed by atoms with E-state index in [2.05, 4.69) is 41.2 Å².